The molecule has 0 spiro atoms. The molecule has 0 fully saturated rings. The summed E-state index contributed by atoms with van der Waals surface area (Å²) >= 11 is 1.93. The van der Waals surface area contributed by atoms with Crippen molar-refractivity contribution < 1.29 is 0 Å². The Bertz CT molecular complexity index is 337. The normalized spacial score (nSPS) is 20.0. The molecule has 0 aromatic heterocycles. The quantitative estimate of drug-likeness (QED) is 0.813. The summed E-state index contributed by atoms with van der Waals surface area (Å²) in [7, 11) is 0. The zero-order chi connectivity index (χ0) is 11.4. The van der Waals surface area contributed by atoms with E-state index in [1.54, 1.807) is 11.1 Å². The fourth-order valence-electron chi connectivity index (χ4n) is 2.38. The maximum absolute atomic E-state index is 3.69. The maximum atomic E-state index is 3.69. The lowest BCUT2D eigenvalue weighted by molar-refractivity contribution is 0.475. The molecule has 2 atom stereocenters. The molecule has 1 nitrogen and oxygen atoms in total. The molecule has 1 aliphatic carbocycles. The van der Waals surface area contributed by atoms with Gasteiger partial charge in [-0.25, -0.2) is 0 Å². The largest absolute Gasteiger partial charge is 0.313 e. The average Bonchev–Trinajstić information content (AvgIpc) is 2.29. The zero-order valence-corrected chi connectivity index (χ0v) is 11.0. The van der Waals surface area contributed by atoms with E-state index in [2.05, 4.69) is 42.8 Å². The van der Waals surface area contributed by atoms with E-state index in [9.17, 15) is 0 Å². The van der Waals surface area contributed by atoms with Crippen molar-refractivity contribution in [2.45, 2.75) is 31.7 Å². The van der Waals surface area contributed by atoms with Crippen LogP contribution in [0, 0.1) is 0 Å². The molecule has 0 aliphatic heterocycles. The van der Waals surface area contributed by atoms with Crippen LogP contribution in [0.25, 0.3) is 0 Å². The molecule has 1 aliphatic rings. The van der Waals surface area contributed by atoms with Crippen LogP contribution in [0.15, 0.2) is 24.3 Å². The summed E-state index contributed by atoms with van der Waals surface area (Å²) in [6, 6.07) is 9.52. The van der Waals surface area contributed by atoms with Crippen LogP contribution in [0.5, 0.6) is 0 Å². The molecule has 1 aromatic carbocycles. The van der Waals surface area contributed by atoms with Gasteiger partial charge in [0.05, 0.1) is 0 Å². The molecule has 88 valence electrons. The number of hydrogen-bond donors (Lipinski definition) is 1. The molecular weight excluding hydrogens is 214 g/mol. The van der Waals surface area contributed by atoms with E-state index in [1.807, 2.05) is 11.8 Å². The summed E-state index contributed by atoms with van der Waals surface area (Å²) in [6.07, 6.45) is 4.68. The topological polar surface area (TPSA) is 12.0 Å². The fraction of sp³-hybridized carbons (Fsp3) is 0.571. The molecule has 0 saturated carbocycles. The van der Waals surface area contributed by atoms with Crippen LogP contribution in [0.3, 0.4) is 0 Å². The average molecular weight is 235 g/mol. The minimum Gasteiger partial charge on any atom is -0.313 e. The Morgan fingerprint density at radius 3 is 2.94 bits per heavy atom. The molecule has 2 unspecified atom stereocenters. The van der Waals surface area contributed by atoms with Gasteiger partial charge >= 0.3 is 0 Å². The Morgan fingerprint density at radius 2 is 2.25 bits per heavy atom. The van der Waals surface area contributed by atoms with Gasteiger partial charge in [-0.2, -0.15) is 11.8 Å². The predicted molar refractivity (Wildman–Crippen MR) is 73.4 cm³/mol. The summed E-state index contributed by atoms with van der Waals surface area (Å²) < 4.78 is 0. The van der Waals surface area contributed by atoms with Crippen LogP contribution < -0.4 is 5.32 Å². The third-order valence-electron chi connectivity index (χ3n) is 3.47. The lowest BCUT2D eigenvalue weighted by atomic mass is 9.77. The molecular formula is C14H21NS. The third kappa shape index (κ3) is 2.61. The van der Waals surface area contributed by atoms with Gasteiger partial charge in [0.25, 0.3) is 0 Å². The van der Waals surface area contributed by atoms with Gasteiger partial charge in [0, 0.05) is 24.3 Å². The second kappa shape index (κ2) is 5.74. The highest BCUT2D eigenvalue weighted by molar-refractivity contribution is 7.98. The molecule has 1 aromatic rings. The minimum absolute atomic E-state index is 0.683. The second-order valence-corrected chi connectivity index (χ2v) is 5.48. The first kappa shape index (κ1) is 12.0. The first-order valence-corrected chi connectivity index (χ1v) is 7.54. The first-order chi connectivity index (χ1) is 7.85. The van der Waals surface area contributed by atoms with Crippen molar-refractivity contribution in [3.63, 3.8) is 0 Å². The number of nitrogens with one attached hydrogen (secondary N) is 1. The molecule has 0 amide bonds. The highest BCUT2D eigenvalue weighted by atomic mass is 32.2. The molecule has 16 heavy (non-hydrogen) atoms. The van der Waals surface area contributed by atoms with E-state index in [-0.39, 0.29) is 0 Å². The van der Waals surface area contributed by atoms with Crippen molar-refractivity contribution in [3.8, 4) is 0 Å². The molecule has 0 saturated heterocycles. The predicted octanol–water partition coefficient (Wildman–Crippen LogP) is 3.06. The molecule has 0 radical (unpaired) electrons. The summed E-state index contributed by atoms with van der Waals surface area (Å²) in [5.41, 5.74) is 3.11. The van der Waals surface area contributed by atoms with E-state index in [0.29, 0.717) is 6.04 Å². The second-order valence-electron chi connectivity index (χ2n) is 4.57. The van der Waals surface area contributed by atoms with Crippen molar-refractivity contribution in [2.24, 2.45) is 0 Å². The monoisotopic (exact) mass is 235 g/mol. The number of rotatable bonds is 6. The maximum Gasteiger partial charge on any atom is 0.0155 e. The van der Waals surface area contributed by atoms with Crippen LogP contribution in [0.4, 0.5) is 0 Å². The van der Waals surface area contributed by atoms with Crippen LogP contribution in [0.2, 0.25) is 0 Å². The van der Waals surface area contributed by atoms with E-state index >= 15 is 0 Å². The van der Waals surface area contributed by atoms with Crippen LogP contribution >= 0.6 is 11.8 Å². The van der Waals surface area contributed by atoms with Gasteiger partial charge in [-0.1, -0.05) is 31.2 Å². The summed E-state index contributed by atoms with van der Waals surface area (Å²) in [6.45, 7) is 3.42. The van der Waals surface area contributed by atoms with Gasteiger partial charge in [-0.05, 0) is 30.2 Å². The van der Waals surface area contributed by atoms with Crippen molar-refractivity contribution in [2.75, 3.05) is 18.6 Å². The highest BCUT2D eigenvalue weighted by Crippen LogP contribution is 2.34. The van der Waals surface area contributed by atoms with Gasteiger partial charge in [0.15, 0.2) is 0 Å². The number of hydrogen-bond acceptors (Lipinski definition) is 2. The van der Waals surface area contributed by atoms with Crippen molar-refractivity contribution in [3.05, 3.63) is 35.4 Å². The Labute approximate surface area is 103 Å². The molecule has 2 rings (SSSR count). The van der Waals surface area contributed by atoms with Crippen LogP contribution in [-0.2, 0) is 6.42 Å². The lowest BCUT2D eigenvalue weighted by Gasteiger charge is -2.31. The lowest BCUT2D eigenvalue weighted by Crippen LogP contribution is -2.37. The van der Waals surface area contributed by atoms with Gasteiger partial charge in [0.2, 0.25) is 0 Å². The number of thioether (sulfide) groups is 1. The van der Waals surface area contributed by atoms with Crippen molar-refractivity contribution >= 4 is 11.8 Å². The zero-order valence-electron chi connectivity index (χ0n) is 10.2. The van der Waals surface area contributed by atoms with E-state index in [1.165, 1.54) is 18.6 Å². The SMILES string of the molecule is CCC(CSC)NCC1Cc2ccccc21. The Balaban J connectivity index is 1.81. The Kier molecular flexibility index (Phi) is 4.30. The smallest absolute Gasteiger partial charge is 0.0155 e. The standard InChI is InChI=1S/C14H21NS/c1-3-13(10-16-2)15-9-12-8-11-6-4-5-7-14(11)12/h4-7,12-13,15H,3,8-10H2,1-2H3. The van der Waals surface area contributed by atoms with Gasteiger partial charge in [-0.3, -0.25) is 0 Å². The van der Waals surface area contributed by atoms with E-state index in [0.717, 1.165) is 12.5 Å². The van der Waals surface area contributed by atoms with Gasteiger partial charge in [-0.15, -0.1) is 0 Å². The minimum atomic E-state index is 0.683. The number of benzene rings is 1. The Morgan fingerprint density at radius 1 is 1.44 bits per heavy atom. The summed E-state index contributed by atoms with van der Waals surface area (Å²) in [5.74, 6) is 1.98. The first-order valence-electron chi connectivity index (χ1n) is 6.15. The van der Waals surface area contributed by atoms with Crippen LogP contribution in [0.1, 0.15) is 30.4 Å². The van der Waals surface area contributed by atoms with Crippen molar-refractivity contribution in [1.82, 2.24) is 5.32 Å². The fourth-order valence-corrected chi connectivity index (χ4v) is 3.13. The summed E-state index contributed by atoms with van der Waals surface area (Å²) in [5, 5.41) is 3.69. The Hall–Kier alpha value is -0.470. The van der Waals surface area contributed by atoms with E-state index < -0.39 is 0 Å². The van der Waals surface area contributed by atoms with Gasteiger partial charge in [0.1, 0.15) is 0 Å². The number of fused-ring (bicyclic) bond motifs is 1. The molecule has 0 bridgehead atoms. The summed E-state index contributed by atoms with van der Waals surface area (Å²) in [4.78, 5) is 0. The molecule has 2 heteroatoms. The van der Waals surface area contributed by atoms with E-state index in [4.69, 9.17) is 0 Å². The van der Waals surface area contributed by atoms with Crippen LogP contribution in [-0.4, -0.2) is 24.6 Å². The van der Waals surface area contributed by atoms with Gasteiger partial charge < -0.3 is 5.32 Å². The highest BCUT2D eigenvalue weighted by Gasteiger charge is 2.25. The third-order valence-corrected chi connectivity index (χ3v) is 4.21. The van der Waals surface area contributed by atoms with Crippen molar-refractivity contribution in [1.29, 1.82) is 0 Å². The molecule has 0 heterocycles. The molecule has 1 N–H and O–H groups in total.